The summed E-state index contributed by atoms with van der Waals surface area (Å²) in [4.78, 5) is 0. The molecule has 1 aliphatic carbocycles. The Morgan fingerprint density at radius 1 is 1.38 bits per heavy atom. The summed E-state index contributed by atoms with van der Waals surface area (Å²) >= 11 is 0. The number of benzene rings is 1. The van der Waals surface area contributed by atoms with Crippen LogP contribution in [0.25, 0.3) is 0 Å². The predicted molar refractivity (Wildman–Crippen MR) is 47.7 cm³/mol. The van der Waals surface area contributed by atoms with E-state index in [9.17, 15) is 4.39 Å². The van der Waals surface area contributed by atoms with Crippen LogP contribution in [0.5, 0.6) is 5.75 Å². The standard InChI is InChI=1S/C10H12FNO/c11-8-3-7(4-9(13)5-8)10(12)6-1-2-6/h3-6,10,13H,1-2,12H2. The second kappa shape index (κ2) is 3.00. The fraction of sp³-hybridized carbons (Fsp3) is 0.400. The molecule has 3 N–H and O–H groups in total. The van der Waals surface area contributed by atoms with Crippen molar-refractivity contribution in [3.8, 4) is 5.75 Å². The summed E-state index contributed by atoms with van der Waals surface area (Å²) < 4.78 is 12.9. The Bertz CT molecular complexity index is 302. The summed E-state index contributed by atoms with van der Waals surface area (Å²) in [7, 11) is 0. The van der Waals surface area contributed by atoms with Crippen LogP contribution in [0.4, 0.5) is 4.39 Å². The summed E-state index contributed by atoms with van der Waals surface area (Å²) in [6, 6.07) is 3.89. The van der Waals surface area contributed by atoms with Gasteiger partial charge in [-0.05, 0) is 36.5 Å². The molecule has 1 aliphatic rings. The Morgan fingerprint density at radius 3 is 2.62 bits per heavy atom. The van der Waals surface area contributed by atoms with Crippen LogP contribution in [0.1, 0.15) is 24.4 Å². The number of nitrogens with two attached hydrogens (primary N) is 1. The zero-order valence-corrected chi connectivity index (χ0v) is 7.20. The molecule has 13 heavy (non-hydrogen) atoms. The normalized spacial score (nSPS) is 18.6. The van der Waals surface area contributed by atoms with Crippen molar-refractivity contribution in [2.45, 2.75) is 18.9 Å². The van der Waals surface area contributed by atoms with Crippen LogP contribution >= 0.6 is 0 Å². The van der Waals surface area contributed by atoms with Crippen LogP contribution < -0.4 is 5.73 Å². The monoisotopic (exact) mass is 181 g/mol. The molecule has 1 aromatic carbocycles. The lowest BCUT2D eigenvalue weighted by Gasteiger charge is -2.10. The highest BCUT2D eigenvalue weighted by molar-refractivity contribution is 5.31. The first-order valence-corrected chi connectivity index (χ1v) is 4.42. The van der Waals surface area contributed by atoms with Gasteiger partial charge in [0, 0.05) is 12.1 Å². The smallest absolute Gasteiger partial charge is 0.127 e. The highest BCUT2D eigenvalue weighted by Crippen LogP contribution is 2.40. The molecule has 3 heteroatoms. The van der Waals surface area contributed by atoms with Crippen molar-refractivity contribution in [2.24, 2.45) is 11.7 Å². The van der Waals surface area contributed by atoms with Crippen molar-refractivity contribution in [2.75, 3.05) is 0 Å². The van der Waals surface area contributed by atoms with Crippen molar-refractivity contribution in [1.29, 1.82) is 0 Å². The molecule has 0 aromatic heterocycles. The third-order valence-electron chi connectivity index (χ3n) is 2.42. The van der Waals surface area contributed by atoms with E-state index in [-0.39, 0.29) is 11.8 Å². The van der Waals surface area contributed by atoms with E-state index < -0.39 is 5.82 Å². The SMILES string of the molecule is NC(c1cc(O)cc(F)c1)C1CC1. The van der Waals surface area contributed by atoms with E-state index in [1.54, 1.807) is 0 Å². The molecule has 1 unspecified atom stereocenters. The molecule has 1 aromatic rings. The Kier molecular flexibility index (Phi) is 1.96. The minimum atomic E-state index is -0.425. The van der Waals surface area contributed by atoms with Crippen LogP contribution in [0.15, 0.2) is 18.2 Å². The van der Waals surface area contributed by atoms with Gasteiger partial charge in [-0.25, -0.2) is 4.39 Å². The highest BCUT2D eigenvalue weighted by Gasteiger charge is 2.29. The van der Waals surface area contributed by atoms with Crippen LogP contribution in [-0.4, -0.2) is 5.11 Å². The number of hydrogen-bond acceptors (Lipinski definition) is 2. The van der Waals surface area contributed by atoms with Crippen LogP contribution in [-0.2, 0) is 0 Å². The molecule has 1 saturated carbocycles. The molecule has 2 rings (SSSR count). The molecular formula is C10H12FNO. The maximum atomic E-state index is 12.9. The lowest BCUT2D eigenvalue weighted by Crippen LogP contribution is -2.12. The summed E-state index contributed by atoms with van der Waals surface area (Å²) in [5.74, 6) is -0.00148. The molecule has 0 bridgehead atoms. The average Bonchev–Trinajstić information content (AvgIpc) is 2.83. The van der Waals surface area contributed by atoms with E-state index in [1.807, 2.05) is 0 Å². The fourth-order valence-electron chi connectivity index (χ4n) is 1.52. The molecule has 0 radical (unpaired) electrons. The van der Waals surface area contributed by atoms with Gasteiger partial charge in [-0.2, -0.15) is 0 Å². The van der Waals surface area contributed by atoms with Gasteiger partial charge >= 0.3 is 0 Å². The fourth-order valence-corrected chi connectivity index (χ4v) is 1.52. The van der Waals surface area contributed by atoms with Crippen molar-refractivity contribution < 1.29 is 9.50 Å². The predicted octanol–water partition coefficient (Wildman–Crippen LogP) is 1.94. The van der Waals surface area contributed by atoms with Gasteiger partial charge in [0.25, 0.3) is 0 Å². The summed E-state index contributed by atoms with van der Waals surface area (Å²) in [6.45, 7) is 0. The molecule has 0 aliphatic heterocycles. The molecule has 0 spiro atoms. The Balaban J connectivity index is 2.27. The molecule has 2 nitrogen and oxygen atoms in total. The average molecular weight is 181 g/mol. The van der Waals surface area contributed by atoms with E-state index in [0.29, 0.717) is 11.5 Å². The lowest BCUT2D eigenvalue weighted by molar-refractivity contribution is 0.465. The van der Waals surface area contributed by atoms with Crippen LogP contribution in [0.2, 0.25) is 0 Å². The Morgan fingerprint density at radius 2 is 2.08 bits per heavy atom. The van der Waals surface area contributed by atoms with E-state index in [0.717, 1.165) is 18.9 Å². The van der Waals surface area contributed by atoms with Gasteiger partial charge in [0.1, 0.15) is 11.6 Å². The third kappa shape index (κ3) is 1.80. The van der Waals surface area contributed by atoms with Gasteiger partial charge < -0.3 is 10.8 Å². The number of phenolic OH excluding ortho intramolecular Hbond substituents is 1. The molecule has 0 amide bonds. The zero-order valence-electron chi connectivity index (χ0n) is 7.20. The van der Waals surface area contributed by atoms with E-state index in [4.69, 9.17) is 10.8 Å². The number of phenols is 1. The minimum absolute atomic E-state index is 0.0499. The van der Waals surface area contributed by atoms with Gasteiger partial charge in [-0.15, -0.1) is 0 Å². The van der Waals surface area contributed by atoms with Crippen molar-refractivity contribution >= 4 is 0 Å². The molecule has 1 atom stereocenters. The molecule has 70 valence electrons. The molecular weight excluding hydrogens is 169 g/mol. The highest BCUT2D eigenvalue weighted by atomic mass is 19.1. The zero-order chi connectivity index (χ0) is 9.42. The summed E-state index contributed by atoms with van der Waals surface area (Å²) in [5, 5.41) is 9.15. The first kappa shape index (κ1) is 8.51. The largest absolute Gasteiger partial charge is 0.508 e. The maximum absolute atomic E-state index is 12.9. The van der Waals surface area contributed by atoms with Gasteiger partial charge in [0.15, 0.2) is 0 Å². The first-order valence-electron chi connectivity index (χ1n) is 4.42. The summed E-state index contributed by atoms with van der Waals surface area (Å²) in [5.41, 5.74) is 6.55. The van der Waals surface area contributed by atoms with Crippen molar-refractivity contribution in [1.82, 2.24) is 0 Å². The second-order valence-corrected chi connectivity index (χ2v) is 3.61. The second-order valence-electron chi connectivity index (χ2n) is 3.61. The Labute approximate surface area is 76.2 Å². The summed E-state index contributed by atoms with van der Waals surface area (Å²) in [6.07, 6.45) is 2.22. The van der Waals surface area contributed by atoms with Crippen molar-refractivity contribution in [3.63, 3.8) is 0 Å². The Hall–Kier alpha value is -1.09. The van der Waals surface area contributed by atoms with Gasteiger partial charge in [-0.1, -0.05) is 0 Å². The van der Waals surface area contributed by atoms with Crippen LogP contribution in [0.3, 0.4) is 0 Å². The van der Waals surface area contributed by atoms with Gasteiger partial charge in [0.05, 0.1) is 0 Å². The van der Waals surface area contributed by atoms with Gasteiger partial charge in [0.2, 0.25) is 0 Å². The van der Waals surface area contributed by atoms with E-state index >= 15 is 0 Å². The van der Waals surface area contributed by atoms with Crippen molar-refractivity contribution in [3.05, 3.63) is 29.6 Å². The lowest BCUT2D eigenvalue weighted by atomic mass is 10.0. The number of aromatic hydroxyl groups is 1. The maximum Gasteiger partial charge on any atom is 0.127 e. The molecule has 1 fully saturated rings. The number of halogens is 1. The van der Waals surface area contributed by atoms with E-state index in [2.05, 4.69) is 0 Å². The first-order chi connectivity index (χ1) is 6.16. The third-order valence-corrected chi connectivity index (χ3v) is 2.42. The van der Waals surface area contributed by atoms with Crippen LogP contribution in [0, 0.1) is 11.7 Å². The van der Waals surface area contributed by atoms with E-state index in [1.165, 1.54) is 12.1 Å². The quantitative estimate of drug-likeness (QED) is 0.732. The molecule has 0 saturated heterocycles. The number of rotatable bonds is 2. The molecule has 0 heterocycles. The topological polar surface area (TPSA) is 46.2 Å². The minimum Gasteiger partial charge on any atom is -0.508 e. The van der Waals surface area contributed by atoms with Gasteiger partial charge in [-0.3, -0.25) is 0 Å². The number of hydrogen-bond donors (Lipinski definition) is 2.